The zero-order chi connectivity index (χ0) is 20.2. The Morgan fingerprint density at radius 3 is 2.79 bits per heavy atom. The van der Waals surface area contributed by atoms with E-state index in [9.17, 15) is 4.79 Å². The van der Waals surface area contributed by atoms with Crippen LogP contribution in [0.4, 0.5) is 4.79 Å². The van der Waals surface area contributed by atoms with Gasteiger partial charge in [0.05, 0.1) is 11.7 Å². The number of benzene rings is 2. The molecule has 0 spiro atoms. The molecular formula is C23H24N4O2. The van der Waals surface area contributed by atoms with E-state index in [4.69, 9.17) is 4.42 Å². The summed E-state index contributed by atoms with van der Waals surface area (Å²) in [6.45, 7) is 4.98. The van der Waals surface area contributed by atoms with E-state index in [1.54, 1.807) is 15.8 Å². The Kier molecular flexibility index (Phi) is 5.33. The first-order valence-electron chi connectivity index (χ1n) is 9.77. The molecule has 0 saturated carbocycles. The summed E-state index contributed by atoms with van der Waals surface area (Å²) >= 11 is 0. The van der Waals surface area contributed by atoms with Crippen molar-refractivity contribution in [3.05, 3.63) is 84.4 Å². The van der Waals surface area contributed by atoms with Gasteiger partial charge in [-0.2, -0.15) is 5.10 Å². The Morgan fingerprint density at radius 2 is 2.03 bits per heavy atom. The lowest BCUT2D eigenvalue weighted by Gasteiger charge is -2.26. The number of amides is 2. The Labute approximate surface area is 169 Å². The molecule has 0 saturated heterocycles. The van der Waals surface area contributed by atoms with E-state index in [0.29, 0.717) is 13.1 Å². The molecule has 4 rings (SSSR count). The molecule has 2 amide bonds. The molecule has 0 aliphatic carbocycles. The molecule has 4 aromatic rings. The number of fused-ring (bicyclic) bond motifs is 1. The highest BCUT2D eigenvalue weighted by Gasteiger charge is 2.22. The van der Waals surface area contributed by atoms with Gasteiger partial charge in [0, 0.05) is 30.9 Å². The number of urea groups is 1. The highest BCUT2D eigenvalue weighted by molar-refractivity contribution is 5.78. The predicted molar refractivity (Wildman–Crippen MR) is 113 cm³/mol. The van der Waals surface area contributed by atoms with Gasteiger partial charge in [0.15, 0.2) is 0 Å². The van der Waals surface area contributed by atoms with Crippen molar-refractivity contribution in [1.82, 2.24) is 20.0 Å². The molecular weight excluding hydrogens is 364 g/mol. The van der Waals surface area contributed by atoms with Crippen molar-refractivity contribution < 1.29 is 9.21 Å². The highest BCUT2D eigenvalue weighted by Crippen LogP contribution is 2.27. The molecule has 148 valence electrons. The second-order valence-corrected chi connectivity index (χ2v) is 6.93. The minimum absolute atomic E-state index is 0.120. The maximum Gasteiger partial charge on any atom is 0.318 e. The number of hydrogen-bond acceptors (Lipinski definition) is 3. The second kappa shape index (κ2) is 8.22. The van der Waals surface area contributed by atoms with Gasteiger partial charge in [0.1, 0.15) is 11.3 Å². The minimum atomic E-state index is -0.164. The van der Waals surface area contributed by atoms with Crippen molar-refractivity contribution >= 4 is 17.0 Å². The highest BCUT2D eigenvalue weighted by atomic mass is 16.3. The fraction of sp³-hybridized carbons (Fsp3) is 0.217. The van der Waals surface area contributed by atoms with Gasteiger partial charge < -0.3 is 14.6 Å². The van der Waals surface area contributed by atoms with Crippen LogP contribution in [0, 0.1) is 0 Å². The first-order valence-corrected chi connectivity index (χ1v) is 9.77. The van der Waals surface area contributed by atoms with E-state index in [1.807, 2.05) is 80.7 Å². The van der Waals surface area contributed by atoms with Gasteiger partial charge in [-0.15, -0.1) is 0 Å². The Morgan fingerprint density at radius 1 is 1.17 bits per heavy atom. The number of hydrogen-bond donors (Lipinski definition) is 1. The van der Waals surface area contributed by atoms with Crippen LogP contribution in [0.15, 0.2) is 77.5 Å². The van der Waals surface area contributed by atoms with Gasteiger partial charge in [-0.05, 0) is 49.7 Å². The molecule has 1 N–H and O–H groups in total. The largest absolute Gasteiger partial charge is 0.459 e. The van der Waals surface area contributed by atoms with E-state index in [-0.39, 0.29) is 12.1 Å². The van der Waals surface area contributed by atoms with Crippen LogP contribution in [0.1, 0.15) is 31.2 Å². The molecule has 2 aromatic heterocycles. The monoisotopic (exact) mass is 388 g/mol. The van der Waals surface area contributed by atoms with E-state index in [0.717, 1.165) is 28.0 Å². The smallest absolute Gasteiger partial charge is 0.318 e. The molecule has 2 heterocycles. The van der Waals surface area contributed by atoms with Gasteiger partial charge in [-0.3, -0.25) is 0 Å². The molecule has 0 radical (unpaired) electrons. The average Bonchev–Trinajstić information content (AvgIpc) is 3.43. The third-order valence-corrected chi connectivity index (χ3v) is 5.05. The Bertz CT molecular complexity index is 1070. The summed E-state index contributed by atoms with van der Waals surface area (Å²) in [5.41, 5.74) is 2.81. The first kappa shape index (κ1) is 18.8. The quantitative estimate of drug-likeness (QED) is 0.510. The van der Waals surface area contributed by atoms with Crippen LogP contribution >= 0.6 is 0 Å². The maximum absolute atomic E-state index is 12.8. The summed E-state index contributed by atoms with van der Waals surface area (Å²) in [5, 5.41) is 8.32. The fourth-order valence-corrected chi connectivity index (χ4v) is 3.46. The zero-order valence-electron chi connectivity index (χ0n) is 16.6. The Hall–Kier alpha value is -3.54. The number of furan rings is 1. The standard InChI is InChI=1S/C23H24N4O2/c1-3-26(17(2)22-15-19-9-4-5-11-21(19)29-22)23(28)24-16-18-8-6-10-20(14-18)27-13-7-12-25-27/h4-15,17H,3,16H2,1-2H3,(H,24,28). The molecule has 0 bridgehead atoms. The van der Waals surface area contributed by atoms with Crippen molar-refractivity contribution in [3.8, 4) is 5.69 Å². The number of para-hydroxylation sites is 1. The molecule has 0 aliphatic heterocycles. The number of nitrogens with one attached hydrogen (secondary N) is 1. The number of nitrogens with zero attached hydrogens (tertiary/aromatic N) is 3. The fourth-order valence-electron chi connectivity index (χ4n) is 3.46. The van der Waals surface area contributed by atoms with Crippen molar-refractivity contribution in [2.24, 2.45) is 0 Å². The van der Waals surface area contributed by atoms with Crippen molar-refractivity contribution in [3.63, 3.8) is 0 Å². The van der Waals surface area contributed by atoms with Crippen molar-refractivity contribution in [1.29, 1.82) is 0 Å². The van der Waals surface area contributed by atoms with Crippen LogP contribution in [-0.4, -0.2) is 27.3 Å². The number of rotatable bonds is 6. The van der Waals surface area contributed by atoms with E-state index < -0.39 is 0 Å². The van der Waals surface area contributed by atoms with Crippen LogP contribution in [0.25, 0.3) is 16.7 Å². The van der Waals surface area contributed by atoms with Gasteiger partial charge in [0.25, 0.3) is 0 Å². The maximum atomic E-state index is 12.8. The normalized spacial score (nSPS) is 12.1. The molecule has 1 atom stereocenters. The van der Waals surface area contributed by atoms with Gasteiger partial charge in [-0.1, -0.05) is 30.3 Å². The van der Waals surface area contributed by atoms with Crippen LogP contribution in [0.2, 0.25) is 0 Å². The van der Waals surface area contributed by atoms with E-state index in [2.05, 4.69) is 10.4 Å². The zero-order valence-corrected chi connectivity index (χ0v) is 16.6. The SMILES string of the molecule is CCN(C(=O)NCc1cccc(-n2cccn2)c1)C(C)c1cc2ccccc2o1. The third-order valence-electron chi connectivity index (χ3n) is 5.05. The second-order valence-electron chi connectivity index (χ2n) is 6.93. The van der Waals surface area contributed by atoms with E-state index in [1.165, 1.54) is 0 Å². The summed E-state index contributed by atoms with van der Waals surface area (Å²) in [6.07, 6.45) is 3.64. The van der Waals surface area contributed by atoms with Crippen LogP contribution in [0.5, 0.6) is 0 Å². The molecule has 0 fully saturated rings. The van der Waals surface area contributed by atoms with Crippen LogP contribution in [0.3, 0.4) is 0 Å². The van der Waals surface area contributed by atoms with Gasteiger partial charge in [0.2, 0.25) is 0 Å². The Balaban J connectivity index is 1.44. The summed E-state index contributed by atoms with van der Waals surface area (Å²) in [7, 11) is 0. The van der Waals surface area contributed by atoms with Crippen LogP contribution in [-0.2, 0) is 6.54 Å². The van der Waals surface area contributed by atoms with Crippen molar-refractivity contribution in [2.45, 2.75) is 26.4 Å². The number of carbonyl (C=O) groups is 1. The molecule has 1 unspecified atom stereocenters. The first-order chi connectivity index (χ1) is 14.2. The summed E-state index contributed by atoms with van der Waals surface area (Å²) in [4.78, 5) is 14.6. The van der Waals surface area contributed by atoms with E-state index >= 15 is 0 Å². The number of carbonyl (C=O) groups excluding carboxylic acids is 1. The third kappa shape index (κ3) is 4.01. The van der Waals surface area contributed by atoms with Crippen molar-refractivity contribution in [2.75, 3.05) is 6.54 Å². The lowest BCUT2D eigenvalue weighted by atomic mass is 10.2. The molecule has 6 heteroatoms. The molecule has 2 aromatic carbocycles. The van der Waals surface area contributed by atoms with Gasteiger partial charge >= 0.3 is 6.03 Å². The minimum Gasteiger partial charge on any atom is -0.459 e. The summed E-state index contributed by atoms with van der Waals surface area (Å²) in [6, 6.07) is 19.4. The topological polar surface area (TPSA) is 63.3 Å². The summed E-state index contributed by atoms with van der Waals surface area (Å²) < 4.78 is 7.75. The lowest BCUT2D eigenvalue weighted by molar-refractivity contribution is 0.175. The molecule has 0 aliphatic rings. The lowest BCUT2D eigenvalue weighted by Crippen LogP contribution is -2.40. The van der Waals surface area contributed by atoms with Gasteiger partial charge in [-0.25, -0.2) is 9.48 Å². The average molecular weight is 388 g/mol. The predicted octanol–water partition coefficient (Wildman–Crippen LogP) is 4.91. The molecule has 29 heavy (non-hydrogen) atoms. The number of aromatic nitrogens is 2. The molecule has 6 nitrogen and oxygen atoms in total. The van der Waals surface area contributed by atoms with Crippen LogP contribution < -0.4 is 5.32 Å². The summed E-state index contributed by atoms with van der Waals surface area (Å²) in [5.74, 6) is 0.781.